The molecule has 0 fully saturated rings. The van der Waals surface area contributed by atoms with Crippen LogP contribution in [0.4, 0.5) is 10.5 Å². The topological polar surface area (TPSA) is 70.2 Å². The third-order valence-electron chi connectivity index (χ3n) is 2.28. The Morgan fingerprint density at radius 2 is 1.72 bits per heavy atom. The van der Waals surface area contributed by atoms with Crippen molar-refractivity contribution in [2.75, 3.05) is 18.4 Å². The van der Waals surface area contributed by atoms with Crippen LogP contribution in [0.5, 0.6) is 0 Å². The predicted molar refractivity (Wildman–Crippen MR) is 71.8 cm³/mol. The van der Waals surface area contributed by atoms with E-state index in [0.717, 1.165) is 6.42 Å². The smallest absolute Gasteiger partial charge is 0.319 e. The van der Waals surface area contributed by atoms with Gasteiger partial charge in [-0.15, -0.1) is 0 Å². The second-order valence-corrected chi connectivity index (χ2v) is 3.82. The summed E-state index contributed by atoms with van der Waals surface area (Å²) >= 11 is 0. The first-order valence-corrected chi connectivity index (χ1v) is 6.10. The minimum Gasteiger partial charge on any atom is -0.352 e. The quantitative estimate of drug-likeness (QED) is 0.746. The van der Waals surface area contributed by atoms with Crippen LogP contribution in [0.25, 0.3) is 0 Å². The molecule has 5 nitrogen and oxygen atoms in total. The van der Waals surface area contributed by atoms with E-state index in [1.807, 2.05) is 13.8 Å². The molecule has 3 N–H and O–H groups in total. The molecule has 18 heavy (non-hydrogen) atoms. The van der Waals surface area contributed by atoms with Crippen LogP contribution in [-0.2, 0) is 0 Å². The number of carbonyl (C=O) groups excluding carboxylic acids is 2. The maximum Gasteiger partial charge on any atom is 0.319 e. The number of benzene rings is 1. The highest BCUT2D eigenvalue weighted by Crippen LogP contribution is 2.09. The molecule has 98 valence electrons. The number of hydrogen-bond acceptors (Lipinski definition) is 2. The lowest BCUT2D eigenvalue weighted by Crippen LogP contribution is -2.28. The average molecular weight is 249 g/mol. The molecule has 0 bridgehead atoms. The van der Waals surface area contributed by atoms with E-state index in [4.69, 9.17) is 0 Å². The molecule has 1 aromatic rings. The Morgan fingerprint density at radius 1 is 1.06 bits per heavy atom. The zero-order chi connectivity index (χ0) is 13.4. The summed E-state index contributed by atoms with van der Waals surface area (Å²) in [7, 11) is 0. The van der Waals surface area contributed by atoms with Crippen molar-refractivity contribution in [1.82, 2.24) is 10.6 Å². The first kappa shape index (κ1) is 14.0. The summed E-state index contributed by atoms with van der Waals surface area (Å²) in [4.78, 5) is 22.9. The number of carbonyl (C=O) groups is 2. The fourth-order valence-electron chi connectivity index (χ4n) is 1.38. The number of hydrogen-bond donors (Lipinski definition) is 3. The zero-order valence-corrected chi connectivity index (χ0v) is 10.7. The number of urea groups is 1. The van der Waals surface area contributed by atoms with Gasteiger partial charge in [-0.25, -0.2) is 4.79 Å². The number of amides is 3. The van der Waals surface area contributed by atoms with E-state index in [-0.39, 0.29) is 11.9 Å². The molecule has 3 amide bonds. The second kappa shape index (κ2) is 7.32. The number of rotatable bonds is 5. The molecule has 1 aromatic carbocycles. The lowest BCUT2D eigenvalue weighted by molar-refractivity contribution is 0.0953. The molecule has 0 saturated carbocycles. The van der Waals surface area contributed by atoms with Gasteiger partial charge in [0.15, 0.2) is 0 Å². The van der Waals surface area contributed by atoms with E-state index < -0.39 is 0 Å². The lowest BCUT2D eigenvalue weighted by Gasteiger charge is -2.07. The molecule has 0 unspecified atom stereocenters. The molecule has 0 saturated heterocycles. The molecular formula is C13H19N3O2. The second-order valence-electron chi connectivity index (χ2n) is 3.82. The summed E-state index contributed by atoms with van der Waals surface area (Å²) in [6.07, 6.45) is 0.905. The van der Waals surface area contributed by atoms with Gasteiger partial charge in [-0.3, -0.25) is 4.79 Å². The standard InChI is InChI=1S/C13H19N3O2/c1-3-9-15-12(17)10-5-7-11(8-6-10)16-13(18)14-4-2/h5-8H,3-4,9H2,1-2H3,(H,15,17)(H2,14,16,18). The van der Waals surface area contributed by atoms with Gasteiger partial charge in [-0.05, 0) is 37.6 Å². The van der Waals surface area contributed by atoms with E-state index >= 15 is 0 Å². The Hall–Kier alpha value is -2.04. The molecule has 1 rings (SSSR count). The molecule has 0 aromatic heterocycles. The first-order chi connectivity index (χ1) is 8.67. The fourth-order valence-corrected chi connectivity index (χ4v) is 1.38. The van der Waals surface area contributed by atoms with Gasteiger partial charge in [0, 0.05) is 24.3 Å². The minimum absolute atomic E-state index is 0.0959. The van der Waals surface area contributed by atoms with Crippen LogP contribution >= 0.6 is 0 Å². The van der Waals surface area contributed by atoms with Crippen LogP contribution in [0.3, 0.4) is 0 Å². The van der Waals surface area contributed by atoms with Crippen molar-refractivity contribution >= 4 is 17.6 Å². The number of nitrogens with one attached hydrogen (secondary N) is 3. The Labute approximate surface area is 107 Å². The van der Waals surface area contributed by atoms with Crippen LogP contribution in [-0.4, -0.2) is 25.0 Å². The average Bonchev–Trinajstić information content (AvgIpc) is 2.37. The lowest BCUT2D eigenvalue weighted by atomic mass is 10.2. The molecule has 0 radical (unpaired) electrons. The van der Waals surface area contributed by atoms with Gasteiger partial charge in [0.05, 0.1) is 0 Å². The van der Waals surface area contributed by atoms with E-state index in [1.54, 1.807) is 24.3 Å². The highest BCUT2D eigenvalue weighted by atomic mass is 16.2. The van der Waals surface area contributed by atoms with Gasteiger partial charge in [-0.1, -0.05) is 6.92 Å². The van der Waals surface area contributed by atoms with Gasteiger partial charge in [0.25, 0.3) is 5.91 Å². The molecule has 0 spiro atoms. The van der Waals surface area contributed by atoms with Crippen LogP contribution in [0.2, 0.25) is 0 Å². The van der Waals surface area contributed by atoms with E-state index in [0.29, 0.717) is 24.3 Å². The van der Waals surface area contributed by atoms with Crippen molar-refractivity contribution in [2.45, 2.75) is 20.3 Å². The molecule has 0 atom stereocenters. The van der Waals surface area contributed by atoms with Crippen molar-refractivity contribution < 1.29 is 9.59 Å². The van der Waals surface area contributed by atoms with Crippen molar-refractivity contribution in [1.29, 1.82) is 0 Å². The van der Waals surface area contributed by atoms with Crippen molar-refractivity contribution in [3.63, 3.8) is 0 Å². The van der Waals surface area contributed by atoms with E-state index in [9.17, 15) is 9.59 Å². The largest absolute Gasteiger partial charge is 0.352 e. The molecular weight excluding hydrogens is 230 g/mol. The summed E-state index contributed by atoms with van der Waals surface area (Å²) < 4.78 is 0. The van der Waals surface area contributed by atoms with Crippen molar-refractivity contribution in [3.05, 3.63) is 29.8 Å². The summed E-state index contributed by atoms with van der Waals surface area (Å²) in [5.74, 6) is -0.0959. The number of anilines is 1. The molecule has 0 aliphatic rings. The van der Waals surface area contributed by atoms with Gasteiger partial charge in [-0.2, -0.15) is 0 Å². The van der Waals surface area contributed by atoms with Crippen molar-refractivity contribution in [3.8, 4) is 0 Å². The van der Waals surface area contributed by atoms with E-state index in [2.05, 4.69) is 16.0 Å². The molecule has 0 aliphatic heterocycles. The minimum atomic E-state index is -0.249. The first-order valence-electron chi connectivity index (χ1n) is 6.10. The zero-order valence-electron chi connectivity index (χ0n) is 10.7. The van der Waals surface area contributed by atoms with E-state index in [1.165, 1.54) is 0 Å². The van der Waals surface area contributed by atoms with Crippen LogP contribution in [0.1, 0.15) is 30.6 Å². The molecule has 0 heterocycles. The van der Waals surface area contributed by atoms with Gasteiger partial charge >= 0.3 is 6.03 Å². The fraction of sp³-hybridized carbons (Fsp3) is 0.385. The molecule has 0 aliphatic carbocycles. The van der Waals surface area contributed by atoms with Crippen molar-refractivity contribution in [2.24, 2.45) is 0 Å². The highest BCUT2D eigenvalue weighted by Gasteiger charge is 2.05. The van der Waals surface area contributed by atoms with Crippen LogP contribution < -0.4 is 16.0 Å². The summed E-state index contributed by atoms with van der Waals surface area (Å²) in [6.45, 7) is 5.08. The Morgan fingerprint density at radius 3 is 2.28 bits per heavy atom. The normalized spacial score (nSPS) is 9.67. The summed E-state index contributed by atoms with van der Waals surface area (Å²) in [6, 6.07) is 6.53. The Kier molecular flexibility index (Phi) is 5.70. The maximum atomic E-state index is 11.6. The van der Waals surface area contributed by atoms with Gasteiger partial charge in [0.1, 0.15) is 0 Å². The van der Waals surface area contributed by atoms with Crippen LogP contribution in [0.15, 0.2) is 24.3 Å². The highest BCUT2D eigenvalue weighted by molar-refractivity contribution is 5.95. The maximum absolute atomic E-state index is 11.6. The Balaban J connectivity index is 2.57. The SMILES string of the molecule is CCCNC(=O)c1ccc(NC(=O)NCC)cc1. The van der Waals surface area contributed by atoms with Gasteiger partial charge < -0.3 is 16.0 Å². The predicted octanol–water partition coefficient (Wildman–Crippen LogP) is 1.97. The summed E-state index contributed by atoms with van der Waals surface area (Å²) in [5.41, 5.74) is 1.25. The third kappa shape index (κ3) is 4.45. The van der Waals surface area contributed by atoms with Crippen LogP contribution in [0, 0.1) is 0 Å². The monoisotopic (exact) mass is 249 g/mol. The van der Waals surface area contributed by atoms with Gasteiger partial charge in [0.2, 0.25) is 0 Å². The molecule has 5 heteroatoms. The summed E-state index contributed by atoms with van der Waals surface area (Å²) in [5, 5.41) is 8.09. The Bertz CT molecular complexity index is 401. The third-order valence-corrected chi connectivity index (χ3v) is 2.28.